The Hall–Kier alpha value is -0.0800. The molecule has 1 rings (SSSR count). The largest absolute Gasteiger partial charge is 0.311 e. The van der Waals surface area contributed by atoms with Gasteiger partial charge in [0.1, 0.15) is 0 Å². The van der Waals surface area contributed by atoms with Crippen molar-refractivity contribution >= 4 is 0 Å². The van der Waals surface area contributed by atoms with E-state index >= 15 is 0 Å². The Bertz CT molecular complexity index is 248. The molecule has 0 aromatic heterocycles. The Balaban J connectivity index is 2.64. The highest BCUT2D eigenvalue weighted by Gasteiger charge is 2.34. The summed E-state index contributed by atoms with van der Waals surface area (Å²) in [6.07, 6.45) is 8.32. The van der Waals surface area contributed by atoms with Gasteiger partial charge in [-0.3, -0.25) is 0 Å². The number of nitrogens with zero attached hydrogens (tertiary/aromatic N) is 1. The van der Waals surface area contributed by atoms with E-state index in [2.05, 4.69) is 51.9 Å². The smallest absolute Gasteiger partial charge is 0.00967 e. The third-order valence-electron chi connectivity index (χ3n) is 4.84. The van der Waals surface area contributed by atoms with E-state index in [0.29, 0.717) is 11.5 Å². The molecule has 1 aliphatic rings. The third kappa shape index (κ3) is 5.83. The lowest BCUT2D eigenvalue weighted by molar-refractivity contribution is 0.0891. The summed E-state index contributed by atoms with van der Waals surface area (Å²) in [6, 6.07) is 0.702. The molecule has 114 valence electrons. The maximum atomic E-state index is 3.77. The second-order valence-electron chi connectivity index (χ2n) is 7.84. The lowest BCUT2D eigenvalue weighted by Crippen LogP contribution is -2.50. The third-order valence-corrected chi connectivity index (χ3v) is 4.84. The molecule has 1 saturated carbocycles. The van der Waals surface area contributed by atoms with Gasteiger partial charge in [0.15, 0.2) is 0 Å². The summed E-state index contributed by atoms with van der Waals surface area (Å²) in [5, 5.41) is 3.77. The van der Waals surface area contributed by atoms with Crippen LogP contribution in [0.5, 0.6) is 0 Å². The molecule has 0 spiro atoms. The highest BCUT2D eigenvalue weighted by atomic mass is 15.1. The van der Waals surface area contributed by atoms with Gasteiger partial charge in [0, 0.05) is 24.7 Å². The molecule has 0 amide bonds. The molecule has 0 saturated heterocycles. The molecule has 1 N–H and O–H groups in total. The Morgan fingerprint density at radius 1 is 1.16 bits per heavy atom. The molecular formula is C17H36N2. The normalized spacial score (nSPS) is 21.6. The summed E-state index contributed by atoms with van der Waals surface area (Å²) in [5.74, 6) is 0. The first kappa shape index (κ1) is 17.0. The average molecular weight is 268 g/mol. The van der Waals surface area contributed by atoms with Crippen LogP contribution in [0.15, 0.2) is 0 Å². The Morgan fingerprint density at radius 3 is 2.21 bits per heavy atom. The van der Waals surface area contributed by atoms with E-state index < -0.39 is 0 Å². The SMILES string of the molecule is CCC(C)N(C)CC1(CNC(C)(C)C)CCCCC1. The molecule has 2 nitrogen and oxygen atoms in total. The molecule has 0 heterocycles. The highest BCUT2D eigenvalue weighted by molar-refractivity contribution is 4.90. The van der Waals surface area contributed by atoms with Gasteiger partial charge >= 0.3 is 0 Å². The van der Waals surface area contributed by atoms with Crippen LogP contribution in [0.1, 0.15) is 73.1 Å². The van der Waals surface area contributed by atoms with Crippen LogP contribution in [0, 0.1) is 5.41 Å². The molecule has 1 aliphatic carbocycles. The first-order chi connectivity index (χ1) is 8.78. The zero-order chi connectivity index (χ0) is 14.5. The number of hydrogen-bond acceptors (Lipinski definition) is 2. The van der Waals surface area contributed by atoms with Crippen molar-refractivity contribution in [2.75, 3.05) is 20.1 Å². The van der Waals surface area contributed by atoms with Crippen molar-refractivity contribution in [3.8, 4) is 0 Å². The van der Waals surface area contributed by atoms with Crippen molar-refractivity contribution in [2.24, 2.45) is 5.41 Å². The maximum Gasteiger partial charge on any atom is 0.00967 e. The second kappa shape index (κ2) is 7.08. The predicted octanol–water partition coefficient (Wildman–Crippen LogP) is 4.06. The summed E-state index contributed by atoms with van der Waals surface area (Å²) in [5.41, 5.74) is 0.739. The molecular weight excluding hydrogens is 232 g/mol. The van der Waals surface area contributed by atoms with Crippen molar-refractivity contribution in [3.05, 3.63) is 0 Å². The standard InChI is InChI=1S/C17H36N2/c1-7-15(2)19(6)14-17(11-9-8-10-12-17)13-18-16(3,4)5/h15,18H,7-14H2,1-6H3. The van der Waals surface area contributed by atoms with Gasteiger partial charge in [-0.05, 0) is 59.4 Å². The minimum Gasteiger partial charge on any atom is -0.311 e. The zero-order valence-corrected chi connectivity index (χ0v) is 14.2. The van der Waals surface area contributed by atoms with Crippen LogP contribution in [0.3, 0.4) is 0 Å². The van der Waals surface area contributed by atoms with Gasteiger partial charge in [0.05, 0.1) is 0 Å². The van der Waals surface area contributed by atoms with Gasteiger partial charge < -0.3 is 10.2 Å². The summed E-state index contributed by atoms with van der Waals surface area (Å²) in [4.78, 5) is 2.58. The molecule has 2 heteroatoms. The molecule has 0 aromatic rings. The molecule has 1 fully saturated rings. The van der Waals surface area contributed by atoms with Crippen LogP contribution >= 0.6 is 0 Å². The van der Waals surface area contributed by atoms with E-state index in [1.54, 1.807) is 0 Å². The quantitative estimate of drug-likeness (QED) is 0.781. The fourth-order valence-electron chi connectivity index (χ4n) is 3.14. The monoisotopic (exact) mass is 268 g/mol. The Labute approximate surface area is 121 Å². The molecule has 0 aliphatic heterocycles. The van der Waals surface area contributed by atoms with Crippen molar-refractivity contribution in [1.82, 2.24) is 10.2 Å². The minimum atomic E-state index is 0.236. The summed E-state index contributed by atoms with van der Waals surface area (Å²) in [7, 11) is 2.31. The lowest BCUT2D eigenvalue weighted by atomic mass is 9.73. The predicted molar refractivity (Wildman–Crippen MR) is 85.7 cm³/mol. The number of rotatable bonds is 6. The fourth-order valence-corrected chi connectivity index (χ4v) is 3.14. The summed E-state index contributed by atoms with van der Waals surface area (Å²) < 4.78 is 0. The van der Waals surface area contributed by atoms with Crippen molar-refractivity contribution in [1.29, 1.82) is 0 Å². The van der Waals surface area contributed by atoms with E-state index in [9.17, 15) is 0 Å². The van der Waals surface area contributed by atoms with Gasteiger partial charge in [-0.25, -0.2) is 0 Å². The van der Waals surface area contributed by atoms with Crippen LogP contribution in [-0.4, -0.2) is 36.6 Å². The molecule has 1 unspecified atom stereocenters. The van der Waals surface area contributed by atoms with Crippen molar-refractivity contribution in [2.45, 2.75) is 84.7 Å². The van der Waals surface area contributed by atoms with E-state index in [0.717, 1.165) is 0 Å². The first-order valence-electron chi connectivity index (χ1n) is 8.23. The zero-order valence-electron chi connectivity index (χ0n) is 14.2. The molecule has 0 bridgehead atoms. The van der Waals surface area contributed by atoms with Crippen LogP contribution < -0.4 is 5.32 Å². The Morgan fingerprint density at radius 2 is 1.74 bits per heavy atom. The second-order valence-corrected chi connectivity index (χ2v) is 7.84. The molecule has 0 radical (unpaired) electrons. The summed E-state index contributed by atoms with van der Waals surface area (Å²) >= 11 is 0. The molecule has 19 heavy (non-hydrogen) atoms. The lowest BCUT2D eigenvalue weighted by Gasteiger charge is -2.43. The topological polar surface area (TPSA) is 15.3 Å². The number of nitrogens with one attached hydrogen (secondary N) is 1. The van der Waals surface area contributed by atoms with Crippen LogP contribution in [-0.2, 0) is 0 Å². The number of hydrogen-bond donors (Lipinski definition) is 1. The van der Waals surface area contributed by atoms with Crippen molar-refractivity contribution in [3.63, 3.8) is 0 Å². The van der Waals surface area contributed by atoms with Crippen molar-refractivity contribution < 1.29 is 0 Å². The van der Waals surface area contributed by atoms with E-state index in [1.165, 1.54) is 51.6 Å². The van der Waals surface area contributed by atoms with Crippen LogP contribution in [0.2, 0.25) is 0 Å². The fraction of sp³-hybridized carbons (Fsp3) is 1.00. The van der Waals surface area contributed by atoms with Gasteiger partial charge in [0.25, 0.3) is 0 Å². The van der Waals surface area contributed by atoms with E-state index in [1.807, 2.05) is 0 Å². The minimum absolute atomic E-state index is 0.236. The van der Waals surface area contributed by atoms with Crippen LogP contribution in [0.25, 0.3) is 0 Å². The van der Waals surface area contributed by atoms with Gasteiger partial charge in [0.2, 0.25) is 0 Å². The maximum absolute atomic E-state index is 3.77. The highest BCUT2D eigenvalue weighted by Crippen LogP contribution is 2.37. The van der Waals surface area contributed by atoms with E-state index in [4.69, 9.17) is 0 Å². The molecule has 0 aromatic carbocycles. The van der Waals surface area contributed by atoms with E-state index in [-0.39, 0.29) is 5.54 Å². The van der Waals surface area contributed by atoms with Crippen LogP contribution in [0.4, 0.5) is 0 Å². The first-order valence-corrected chi connectivity index (χ1v) is 8.23. The Kier molecular flexibility index (Phi) is 6.32. The van der Waals surface area contributed by atoms with Gasteiger partial charge in [-0.1, -0.05) is 26.2 Å². The average Bonchev–Trinajstić information content (AvgIpc) is 2.36. The van der Waals surface area contributed by atoms with Gasteiger partial charge in [-0.2, -0.15) is 0 Å². The molecule has 1 atom stereocenters. The van der Waals surface area contributed by atoms with Gasteiger partial charge in [-0.15, -0.1) is 0 Å². The summed E-state index contributed by atoms with van der Waals surface area (Å²) in [6.45, 7) is 13.9.